The maximum Gasteiger partial charge on any atom is 0.129 e. The Bertz CT molecular complexity index is 167. The normalized spacial score (nSPS) is 30.0. The van der Waals surface area contributed by atoms with E-state index >= 15 is 0 Å². The zero-order chi connectivity index (χ0) is 10.7. The third kappa shape index (κ3) is 9.07. The quantitative estimate of drug-likeness (QED) is 0.495. The molecule has 0 aromatic heterocycles. The summed E-state index contributed by atoms with van der Waals surface area (Å²) in [7, 11) is 4.41. The van der Waals surface area contributed by atoms with Gasteiger partial charge in [0.05, 0.1) is 27.3 Å². The molecule has 0 aromatic rings. The SMILES string of the molecule is C[N+]1(CCO)CC[N+](C)(CCO)CC1.[CH3-].[CH3-].[Y].[Y]. The molecule has 0 aliphatic carbocycles. The summed E-state index contributed by atoms with van der Waals surface area (Å²) in [5.41, 5.74) is 0. The minimum Gasteiger partial charge on any atom is -0.391 e. The summed E-state index contributed by atoms with van der Waals surface area (Å²) in [4.78, 5) is 0. The first-order valence-corrected chi connectivity index (χ1v) is 5.42. The van der Waals surface area contributed by atoms with Crippen LogP contribution in [0, 0.1) is 14.9 Å². The minimum absolute atomic E-state index is 0. The molecule has 0 unspecified atom stereocenters. The predicted molar refractivity (Wildman–Crippen MR) is 68.6 cm³/mol. The molecule has 1 fully saturated rings. The molecule has 0 aromatic carbocycles. The van der Waals surface area contributed by atoms with Gasteiger partial charge < -0.3 is 34.0 Å². The van der Waals surface area contributed by atoms with Gasteiger partial charge in [0.25, 0.3) is 0 Å². The van der Waals surface area contributed by atoms with E-state index in [1.165, 1.54) is 0 Å². The van der Waals surface area contributed by atoms with Crippen LogP contribution in [0.1, 0.15) is 0 Å². The molecular formula is C12H30N2O2Y2. The Morgan fingerprint density at radius 3 is 1.11 bits per heavy atom. The fourth-order valence-electron chi connectivity index (χ4n) is 2.12. The molecule has 0 bridgehead atoms. The molecular weight excluding hydrogens is 382 g/mol. The summed E-state index contributed by atoms with van der Waals surface area (Å²) in [5.74, 6) is 0. The Labute approximate surface area is 164 Å². The smallest absolute Gasteiger partial charge is 0.129 e. The molecule has 0 spiro atoms. The van der Waals surface area contributed by atoms with Crippen LogP contribution < -0.4 is 0 Å². The third-order valence-electron chi connectivity index (χ3n) is 3.64. The topological polar surface area (TPSA) is 40.5 Å². The van der Waals surface area contributed by atoms with Crippen molar-refractivity contribution < 1.29 is 84.6 Å². The summed E-state index contributed by atoms with van der Waals surface area (Å²) in [6, 6.07) is 0. The second-order valence-electron chi connectivity index (χ2n) is 5.03. The van der Waals surface area contributed by atoms with E-state index in [0.29, 0.717) is 0 Å². The Morgan fingerprint density at radius 1 is 0.722 bits per heavy atom. The van der Waals surface area contributed by atoms with Crippen LogP contribution in [0.15, 0.2) is 0 Å². The van der Waals surface area contributed by atoms with Gasteiger partial charge in [-0.05, 0) is 0 Å². The Hall–Kier alpha value is 2.05. The largest absolute Gasteiger partial charge is 0.391 e. The van der Waals surface area contributed by atoms with E-state index in [9.17, 15) is 0 Å². The second-order valence-corrected chi connectivity index (χ2v) is 5.03. The molecule has 0 saturated carbocycles. The van der Waals surface area contributed by atoms with E-state index in [4.69, 9.17) is 10.2 Å². The number of quaternary nitrogens is 2. The molecule has 4 nitrogen and oxygen atoms in total. The molecule has 18 heavy (non-hydrogen) atoms. The molecule has 1 heterocycles. The number of piperazine rings is 1. The summed E-state index contributed by atoms with van der Waals surface area (Å²) < 4.78 is 1.96. The molecule has 106 valence electrons. The van der Waals surface area contributed by atoms with Crippen LogP contribution in [0.3, 0.4) is 0 Å². The van der Waals surface area contributed by atoms with Crippen LogP contribution in [-0.4, -0.2) is 85.8 Å². The number of aliphatic hydroxyl groups excluding tert-OH is 2. The monoisotopic (exact) mass is 412 g/mol. The summed E-state index contributed by atoms with van der Waals surface area (Å²) in [6.45, 7) is 6.71. The number of hydrogen-bond donors (Lipinski definition) is 2. The fourth-order valence-corrected chi connectivity index (χ4v) is 2.12. The van der Waals surface area contributed by atoms with Crippen molar-refractivity contribution in [1.82, 2.24) is 0 Å². The molecule has 1 saturated heterocycles. The summed E-state index contributed by atoms with van der Waals surface area (Å²) >= 11 is 0. The molecule has 1 aliphatic rings. The van der Waals surface area contributed by atoms with Gasteiger partial charge in [0.1, 0.15) is 39.3 Å². The summed E-state index contributed by atoms with van der Waals surface area (Å²) in [5, 5.41) is 17.9. The average molecular weight is 412 g/mol. The first-order valence-electron chi connectivity index (χ1n) is 5.42. The molecule has 0 amide bonds. The number of nitrogens with zero attached hydrogens (tertiary/aromatic N) is 2. The maximum atomic E-state index is 8.96. The van der Waals surface area contributed by atoms with Gasteiger partial charge in [0.15, 0.2) is 0 Å². The molecule has 6 heteroatoms. The standard InChI is InChI=1S/C10H24N2O2.2CH3.2Y/c1-11(7-9-13)3-5-12(2,6-4-11)8-10-14;;;;/h13-14H,3-10H2,1-2H3;2*1H3;;/q+2;2*-1;;. The van der Waals surface area contributed by atoms with Gasteiger partial charge in [-0.15, -0.1) is 0 Å². The number of rotatable bonds is 4. The zero-order valence-electron chi connectivity index (χ0n) is 12.6. The van der Waals surface area contributed by atoms with Gasteiger partial charge in [-0.2, -0.15) is 0 Å². The molecule has 2 N–H and O–H groups in total. The van der Waals surface area contributed by atoms with E-state index in [2.05, 4.69) is 14.1 Å². The van der Waals surface area contributed by atoms with Crippen LogP contribution in [0.4, 0.5) is 0 Å². The molecule has 1 rings (SSSR count). The zero-order valence-corrected chi connectivity index (χ0v) is 18.3. The van der Waals surface area contributed by atoms with Gasteiger partial charge in [0, 0.05) is 65.4 Å². The second kappa shape index (κ2) is 12.8. The van der Waals surface area contributed by atoms with Crippen molar-refractivity contribution in [3.05, 3.63) is 14.9 Å². The summed E-state index contributed by atoms with van der Waals surface area (Å²) in [6.07, 6.45) is 0. The van der Waals surface area contributed by atoms with Crippen molar-refractivity contribution in [3.63, 3.8) is 0 Å². The molecule has 1 aliphatic heterocycles. The average Bonchev–Trinajstić information content (AvgIpc) is 2.13. The van der Waals surface area contributed by atoms with Gasteiger partial charge in [-0.3, -0.25) is 0 Å². The first kappa shape index (κ1) is 28.2. The Morgan fingerprint density at radius 2 is 0.944 bits per heavy atom. The third-order valence-corrected chi connectivity index (χ3v) is 3.64. The van der Waals surface area contributed by atoms with Gasteiger partial charge in [-0.25, -0.2) is 0 Å². The van der Waals surface area contributed by atoms with Crippen LogP contribution in [0.25, 0.3) is 0 Å². The van der Waals surface area contributed by atoms with Crippen molar-refractivity contribution in [2.24, 2.45) is 0 Å². The van der Waals surface area contributed by atoms with Crippen LogP contribution in [-0.2, 0) is 65.4 Å². The van der Waals surface area contributed by atoms with E-state index in [1.54, 1.807) is 0 Å². The van der Waals surface area contributed by atoms with Crippen molar-refractivity contribution in [2.45, 2.75) is 0 Å². The Kier molecular flexibility index (Phi) is 20.0. The number of likely N-dealkylation sites (N-methyl/N-ethyl adjacent to an activating group) is 2. The van der Waals surface area contributed by atoms with Crippen LogP contribution >= 0.6 is 0 Å². The van der Waals surface area contributed by atoms with E-state index in [-0.39, 0.29) is 93.5 Å². The molecule has 0 atom stereocenters. The van der Waals surface area contributed by atoms with Crippen LogP contribution in [0.5, 0.6) is 0 Å². The van der Waals surface area contributed by atoms with Gasteiger partial charge >= 0.3 is 0 Å². The van der Waals surface area contributed by atoms with Gasteiger partial charge in [-0.1, -0.05) is 0 Å². The van der Waals surface area contributed by atoms with Crippen molar-refractivity contribution in [1.29, 1.82) is 0 Å². The number of hydrogen-bond acceptors (Lipinski definition) is 2. The first-order chi connectivity index (χ1) is 6.54. The molecule has 2 radical (unpaired) electrons. The Balaban J connectivity index is -0.000000245. The minimum atomic E-state index is 0. The van der Waals surface area contributed by atoms with Crippen molar-refractivity contribution in [3.8, 4) is 0 Å². The van der Waals surface area contributed by atoms with Crippen molar-refractivity contribution in [2.75, 3.05) is 66.6 Å². The van der Waals surface area contributed by atoms with Gasteiger partial charge in [0.2, 0.25) is 0 Å². The van der Waals surface area contributed by atoms with E-state index in [0.717, 1.165) is 48.2 Å². The maximum absolute atomic E-state index is 8.96. The number of aliphatic hydroxyl groups is 2. The van der Waals surface area contributed by atoms with E-state index < -0.39 is 0 Å². The van der Waals surface area contributed by atoms with Crippen LogP contribution in [0.2, 0.25) is 0 Å². The fraction of sp³-hybridized carbons (Fsp3) is 0.833. The van der Waals surface area contributed by atoms with Crippen molar-refractivity contribution >= 4 is 0 Å². The predicted octanol–water partition coefficient (Wildman–Crippen LogP) is -0.227. The van der Waals surface area contributed by atoms with E-state index in [1.807, 2.05) is 0 Å².